The predicted molar refractivity (Wildman–Crippen MR) is 357 cm³/mol. The Bertz CT molecular complexity index is 1180. The molecule has 2 unspecified atom stereocenters. The van der Waals surface area contributed by atoms with Gasteiger partial charge in [-0.05, 0) is 25.7 Å². The molecule has 0 fully saturated rings. The summed E-state index contributed by atoms with van der Waals surface area (Å²) in [6.45, 7) is 5.01. The summed E-state index contributed by atoms with van der Waals surface area (Å²) in [5, 5.41) is 23.3. The van der Waals surface area contributed by atoms with E-state index in [2.05, 4.69) is 19.2 Å². The Morgan fingerprint density at radius 2 is 0.506 bits per heavy atom. The lowest BCUT2D eigenvalue weighted by atomic mass is 10.0. The van der Waals surface area contributed by atoms with Crippen LogP contribution in [0.15, 0.2) is 0 Å². The summed E-state index contributed by atoms with van der Waals surface area (Å²) in [6.07, 6.45) is 87.6. The zero-order chi connectivity index (χ0) is 58.5. The van der Waals surface area contributed by atoms with Crippen LogP contribution in [-0.2, 0) is 14.3 Å². The monoisotopic (exact) mass is 1140 g/mol. The van der Waals surface area contributed by atoms with Crippen LogP contribution in [0.4, 0.5) is 0 Å². The molecule has 81 heavy (non-hydrogen) atoms. The number of carbonyl (C=O) groups excluding carboxylic acids is 2. The number of unbranched alkanes of at least 4 members (excludes halogenated alkanes) is 61. The molecule has 0 aliphatic carbocycles. The molecule has 6 nitrogen and oxygen atoms in total. The largest absolute Gasteiger partial charge is 0.466 e. The number of ether oxygens (including phenoxy) is 1. The molecule has 0 aromatic rings. The highest BCUT2D eigenvalue weighted by atomic mass is 16.5. The van der Waals surface area contributed by atoms with Gasteiger partial charge < -0.3 is 20.3 Å². The maximum atomic E-state index is 12.5. The second-order valence-electron chi connectivity index (χ2n) is 26.4. The lowest BCUT2D eigenvalue weighted by Gasteiger charge is -2.22. The minimum Gasteiger partial charge on any atom is -0.466 e. The highest BCUT2D eigenvalue weighted by molar-refractivity contribution is 5.76. The Balaban J connectivity index is 3.28. The van der Waals surface area contributed by atoms with E-state index in [0.29, 0.717) is 25.9 Å². The van der Waals surface area contributed by atoms with Gasteiger partial charge in [-0.15, -0.1) is 0 Å². The SMILES string of the molecule is CCCCCCCCCCCCCCCCCCCCC(=O)OCCCCCCCCCCCCCCCCCCCCCCCCCCCCCCCCCCCC(=O)NC(CO)C(O)CCCCCCCCCCCCCCC. The van der Waals surface area contributed by atoms with E-state index in [1.54, 1.807) is 0 Å². The van der Waals surface area contributed by atoms with Gasteiger partial charge in [-0.3, -0.25) is 9.59 Å². The summed E-state index contributed by atoms with van der Waals surface area (Å²) in [7, 11) is 0. The molecule has 0 heterocycles. The van der Waals surface area contributed by atoms with E-state index in [-0.39, 0.29) is 18.5 Å². The van der Waals surface area contributed by atoms with Crippen molar-refractivity contribution in [3.05, 3.63) is 0 Å². The number of esters is 1. The molecule has 0 aliphatic rings. The van der Waals surface area contributed by atoms with Gasteiger partial charge in [0.15, 0.2) is 0 Å². The van der Waals surface area contributed by atoms with Crippen molar-refractivity contribution in [3.8, 4) is 0 Å². The standard InChI is InChI=1S/C75H149NO5/c1-3-5-7-9-11-13-15-17-18-19-38-41-45-49-53-57-61-65-69-75(80)81-70-66-62-58-54-50-46-42-39-36-34-32-30-28-26-24-22-20-21-23-25-27-29-31-33-35-37-40-44-48-52-56-60-64-68-74(79)76-72(71-77)73(78)67-63-59-55-51-47-43-16-14-12-10-8-6-4-2/h72-73,77-78H,3-71H2,1-2H3,(H,76,79). The summed E-state index contributed by atoms with van der Waals surface area (Å²) in [6, 6.07) is -0.536. The van der Waals surface area contributed by atoms with Crippen LogP contribution < -0.4 is 5.32 Å². The van der Waals surface area contributed by atoms with Crippen LogP contribution in [0.25, 0.3) is 0 Å². The van der Waals surface area contributed by atoms with Gasteiger partial charge in [-0.1, -0.05) is 406 Å². The van der Waals surface area contributed by atoms with Crippen LogP contribution in [0.2, 0.25) is 0 Å². The summed E-state index contributed by atoms with van der Waals surface area (Å²) < 4.78 is 5.52. The maximum absolute atomic E-state index is 12.5. The van der Waals surface area contributed by atoms with Gasteiger partial charge >= 0.3 is 5.97 Å². The van der Waals surface area contributed by atoms with Crippen LogP contribution in [0.1, 0.15) is 444 Å². The first kappa shape index (κ1) is 79.9. The summed E-state index contributed by atoms with van der Waals surface area (Å²) in [5.41, 5.74) is 0. The number of nitrogens with one attached hydrogen (secondary N) is 1. The maximum Gasteiger partial charge on any atom is 0.305 e. The molecule has 1 amide bonds. The van der Waals surface area contributed by atoms with Gasteiger partial charge in [0.25, 0.3) is 0 Å². The molecule has 3 N–H and O–H groups in total. The number of amides is 1. The van der Waals surface area contributed by atoms with Crippen LogP contribution in [0.3, 0.4) is 0 Å². The van der Waals surface area contributed by atoms with E-state index in [0.717, 1.165) is 38.5 Å². The molecular formula is C75H149NO5. The molecule has 0 aromatic carbocycles. The van der Waals surface area contributed by atoms with E-state index in [1.165, 1.54) is 372 Å². The molecule has 0 spiro atoms. The van der Waals surface area contributed by atoms with Crippen molar-refractivity contribution in [1.82, 2.24) is 5.32 Å². The Morgan fingerprint density at radius 1 is 0.296 bits per heavy atom. The fourth-order valence-corrected chi connectivity index (χ4v) is 12.4. The molecular weight excluding hydrogens is 995 g/mol. The average Bonchev–Trinajstić information content (AvgIpc) is 3.47. The fourth-order valence-electron chi connectivity index (χ4n) is 12.4. The van der Waals surface area contributed by atoms with Crippen molar-refractivity contribution < 1.29 is 24.5 Å². The predicted octanol–water partition coefficient (Wildman–Crippen LogP) is 24.5. The lowest BCUT2D eigenvalue weighted by Crippen LogP contribution is -2.45. The van der Waals surface area contributed by atoms with Gasteiger partial charge in [0, 0.05) is 12.8 Å². The Kier molecular flexibility index (Phi) is 70.3. The number of aliphatic hydroxyl groups is 2. The number of hydrogen-bond donors (Lipinski definition) is 3. The van der Waals surface area contributed by atoms with Crippen molar-refractivity contribution in [2.75, 3.05) is 13.2 Å². The quantitative estimate of drug-likeness (QED) is 0.0417. The summed E-state index contributed by atoms with van der Waals surface area (Å²) >= 11 is 0. The number of carbonyl (C=O) groups is 2. The van der Waals surface area contributed by atoms with E-state index in [1.807, 2.05) is 0 Å². The molecule has 6 heteroatoms. The van der Waals surface area contributed by atoms with Gasteiger partial charge in [0.1, 0.15) is 0 Å². The van der Waals surface area contributed by atoms with E-state index in [9.17, 15) is 19.8 Å². The normalized spacial score (nSPS) is 12.4. The first-order valence-electron chi connectivity index (χ1n) is 37.8. The average molecular weight is 1150 g/mol. The van der Waals surface area contributed by atoms with Crippen molar-refractivity contribution >= 4 is 11.9 Å². The fraction of sp³-hybridized carbons (Fsp3) is 0.973. The minimum absolute atomic E-state index is 0.0270. The molecule has 0 aromatic heterocycles. The topological polar surface area (TPSA) is 95.9 Å². The molecule has 0 saturated carbocycles. The van der Waals surface area contributed by atoms with Crippen LogP contribution in [0.5, 0.6) is 0 Å². The zero-order valence-electron chi connectivity index (χ0n) is 55.6. The summed E-state index contributed by atoms with van der Waals surface area (Å²) in [4.78, 5) is 24.6. The molecule has 484 valence electrons. The third-order valence-electron chi connectivity index (χ3n) is 18.2. The lowest BCUT2D eigenvalue weighted by molar-refractivity contribution is -0.143. The van der Waals surface area contributed by atoms with Gasteiger partial charge in [0.2, 0.25) is 5.91 Å². The molecule has 0 rings (SSSR count). The zero-order valence-corrected chi connectivity index (χ0v) is 55.6. The Morgan fingerprint density at radius 3 is 0.753 bits per heavy atom. The molecule has 0 saturated heterocycles. The van der Waals surface area contributed by atoms with Gasteiger partial charge in [0.05, 0.1) is 25.4 Å². The highest BCUT2D eigenvalue weighted by Crippen LogP contribution is 2.20. The van der Waals surface area contributed by atoms with Crippen LogP contribution in [0, 0.1) is 0 Å². The minimum atomic E-state index is -0.659. The van der Waals surface area contributed by atoms with Gasteiger partial charge in [-0.2, -0.15) is 0 Å². The molecule has 0 radical (unpaired) electrons. The second-order valence-corrected chi connectivity index (χ2v) is 26.4. The highest BCUT2D eigenvalue weighted by Gasteiger charge is 2.20. The third kappa shape index (κ3) is 67.9. The second kappa shape index (κ2) is 71.3. The number of aliphatic hydroxyl groups excluding tert-OH is 2. The third-order valence-corrected chi connectivity index (χ3v) is 18.2. The molecule has 2 atom stereocenters. The first-order chi connectivity index (χ1) is 40.0. The van der Waals surface area contributed by atoms with Gasteiger partial charge in [-0.25, -0.2) is 0 Å². The molecule has 0 bridgehead atoms. The van der Waals surface area contributed by atoms with Crippen LogP contribution in [-0.4, -0.2) is 47.4 Å². The molecule has 0 aliphatic heterocycles. The van der Waals surface area contributed by atoms with Crippen molar-refractivity contribution in [2.24, 2.45) is 0 Å². The summed E-state index contributed by atoms with van der Waals surface area (Å²) in [5.74, 6) is 0.000414. The number of hydrogen-bond acceptors (Lipinski definition) is 5. The Hall–Kier alpha value is -1.14. The van der Waals surface area contributed by atoms with Crippen LogP contribution >= 0.6 is 0 Å². The van der Waals surface area contributed by atoms with Crippen molar-refractivity contribution in [2.45, 2.75) is 456 Å². The van der Waals surface area contributed by atoms with Crippen molar-refractivity contribution in [3.63, 3.8) is 0 Å². The van der Waals surface area contributed by atoms with Crippen molar-refractivity contribution in [1.29, 1.82) is 0 Å². The first-order valence-corrected chi connectivity index (χ1v) is 37.8. The van der Waals surface area contributed by atoms with E-state index in [4.69, 9.17) is 4.74 Å². The number of rotatable bonds is 72. The van der Waals surface area contributed by atoms with E-state index < -0.39 is 12.1 Å². The van der Waals surface area contributed by atoms with E-state index >= 15 is 0 Å². The Labute approximate surface area is 508 Å². The smallest absolute Gasteiger partial charge is 0.305 e.